The monoisotopic (exact) mass is 335 g/mol. The molecule has 6 heteroatoms. The summed E-state index contributed by atoms with van der Waals surface area (Å²) in [6, 6.07) is 10.4. The molecule has 0 amide bonds. The number of nitrogens with zero attached hydrogens (tertiary/aromatic N) is 1. The van der Waals surface area contributed by atoms with Crippen LogP contribution < -0.4 is 10.6 Å². The average molecular weight is 335 g/mol. The summed E-state index contributed by atoms with van der Waals surface area (Å²) >= 11 is 1.71. The fraction of sp³-hybridized carbons (Fsp3) is 0.353. The lowest BCUT2D eigenvalue weighted by Crippen LogP contribution is -2.39. The summed E-state index contributed by atoms with van der Waals surface area (Å²) in [5.74, 6) is 0.201. The van der Waals surface area contributed by atoms with Gasteiger partial charge in [-0.1, -0.05) is 18.2 Å². The number of aryl methyl sites for hydroxylation is 1. The Kier molecular flexibility index (Phi) is 6.55. The molecule has 2 rings (SSSR count). The molecule has 1 aromatic heterocycles. The molecule has 1 aromatic carbocycles. The molecule has 4 nitrogen and oxygen atoms in total. The Morgan fingerprint density at radius 3 is 2.70 bits per heavy atom. The number of guanidine groups is 1. The normalized spacial score (nSPS) is 13.0. The van der Waals surface area contributed by atoms with Crippen molar-refractivity contribution in [1.29, 1.82) is 0 Å². The highest BCUT2D eigenvalue weighted by Gasteiger charge is 2.12. The van der Waals surface area contributed by atoms with E-state index in [1.807, 2.05) is 6.92 Å². The van der Waals surface area contributed by atoms with Crippen LogP contribution in [0.2, 0.25) is 0 Å². The molecule has 0 aliphatic carbocycles. The van der Waals surface area contributed by atoms with Gasteiger partial charge in [0.15, 0.2) is 5.96 Å². The smallest absolute Gasteiger partial charge is 0.191 e. The Morgan fingerprint density at radius 1 is 1.26 bits per heavy atom. The highest BCUT2D eigenvalue weighted by molar-refractivity contribution is 7.11. The molecule has 0 aliphatic rings. The number of aliphatic hydroxyl groups excluding tert-OH is 1. The van der Waals surface area contributed by atoms with E-state index >= 15 is 0 Å². The van der Waals surface area contributed by atoms with E-state index in [4.69, 9.17) is 0 Å². The second-order valence-corrected chi connectivity index (χ2v) is 6.50. The third-order valence-electron chi connectivity index (χ3n) is 3.26. The molecular formula is C17H22FN3OS. The molecule has 3 N–H and O–H groups in total. The van der Waals surface area contributed by atoms with Crippen LogP contribution in [0.5, 0.6) is 0 Å². The molecule has 124 valence electrons. The van der Waals surface area contributed by atoms with Gasteiger partial charge in [0.05, 0.1) is 12.6 Å². The van der Waals surface area contributed by atoms with E-state index in [1.54, 1.807) is 29.5 Å². The second-order valence-electron chi connectivity index (χ2n) is 5.13. The zero-order valence-electron chi connectivity index (χ0n) is 13.3. The van der Waals surface area contributed by atoms with Crippen LogP contribution in [0.1, 0.15) is 28.3 Å². The first kappa shape index (κ1) is 17.4. The maximum atomic E-state index is 13.7. The Hall–Kier alpha value is -1.92. The van der Waals surface area contributed by atoms with Gasteiger partial charge in [0, 0.05) is 28.4 Å². The summed E-state index contributed by atoms with van der Waals surface area (Å²) in [6.45, 7) is 5.51. The molecule has 0 aliphatic heterocycles. The molecule has 1 heterocycles. The van der Waals surface area contributed by atoms with Crippen molar-refractivity contribution in [2.45, 2.75) is 26.5 Å². The van der Waals surface area contributed by atoms with E-state index in [9.17, 15) is 9.50 Å². The minimum Gasteiger partial charge on any atom is -0.386 e. The van der Waals surface area contributed by atoms with Crippen LogP contribution in [0.15, 0.2) is 41.4 Å². The molecule has 0 fully saturated rings. The van der Waals surface area contributed by atoms with Gasteiger partial charge in [0.25, 0.3) is 0 Å². The average Bonchev–Trinajstić information content (AvgIpc) is 2.95. The Bertz CT molecular complexity index is 657. The Morgan fingerprint density at radius 2 is 2.04 bits per heavy atom. The predicted octanol–water partition coefficient (Wildman–Crippen LogP) is 2.98. The van der Waals surface area contributed by atoms with Gasteiger partial charge in [-0.25, -0.2) is 9.38 Å². The standard InChI is InChI=1S/C17H22FN3OS/c1-3-19-17(20-10-13-9-8-12(2)23-13)21-11-16(22)14-6-4-5-7-15(14)18/h4-9,16,22H,3,10-11H2,1-2H3,(H2,19,20,21). The van der Waals surface area contributed by atoms with E-state index in [0.29, 0.717) is 19.0 Å². The molecule has 1 unspecified atom stereocenters. The number of thiophene rings is 1. The van der Waals surface area contributed by atoms with Crippen LogP contribution >= 0.6 is 11.3 Å². The zero-order chi connectivity index (χ0) is 16.7. The number of aliphatic imine (C=N–C) groups is 1. The lowest BCUT2D eigenvalue weighted by molar-refractivity contribution is 0.176. The molecule has 1 atom stereocenters. The van der Waals surface area contributed by atoms with Crippen molar-refractivity contribution in [1.82, 2.24) is 10.6 Å². The van der Waals surface area contributed by atoms with Gasteiger partial charge in [-0.15, -0.1) is 11.3 Å². The topological polar surface area (TPSA) is 56.7 Å². The molecule has 0 bridgehead atoms. The molecule has 0 spiro atoms. The van der Waals surface area contributed by atoms with Crippen LogP contribution in [0.4, 0.5) is 4.39 Å². The lowest BCUT2D eigenvalue weighted by atomic mass is 10.1. The number of aliphatic hydroxyl groups is 1. The van der Waals surface area contributed by atoms with Gasteiger partial charge < -0.3 is 15.7 Å². The van der Waals surface area contributed by atoms with Crippen LogP contribution in [-0.2, 0) is 6.54 Å². The largest absolute Gasteiger partial charge is 0.386 e. The third kappa shape index (κ3) is 5.33. The van der Waals surface area contributed by atoms with Gasteiger partial charge in [-0.2, -0.15) is 0 Å². The number of hydrogen-bond acceptors (Lipinski definition) is 3. The molecule has 23 heavy (non-hydrogen) atoms. The van der Waals surface area contributed by atoms with E-state index < -0.39 is 11.9 Å². The first-order valence-electron chi connectivity index (χ1n) is 7.60. The van der Waals surface area contributed by atoms with E-state index in [-0.39, 0.29) is 12.1 Å². The SMILES string of the molecule is CCNC(=NCc1ccc(C)s1)NCC(O)c1ccccc1F. The van der Waals surface area contributed by atoms with Crippen molar-refractivity contribution >= 4 is 17.3 Å². The molecule has 2 aromatic rings. The quantitative estimate of drug-likeness (QED) is 0.562. The summed E-state index contributed by atoms with van der Waals surface area (Å²) < 4.78 is 13.7. The van der Waals surface area contributed by atoms with Crippen LogP contribution in [0, 0.1) is 12.7 Å². The van der Waals surface area contributed by atoms with Crippen molar-refractivity contribution < 1.29 is 9.50 Å². The van der Waals surface area contributed by atoms with Crippen molar-refractivity contribution in [3.05, 3.63) is 57.5 Å². The van der Waals surface area contributed by atoms with Crippen LogP contribution in [0.3, 0.4) is 0 Å². The maximum absolute atomic E-state index is 13.7. The number of nitrogens with one attached hydrogen (secondary N) is 2. The van der Waals surface area contributed by atoms with Crippen molar-refractivity contribution in [2.75, 3.05) is 13.1 Å². The number of hydrogen-bond donors (Lipinski definition) is 3. The van der Waals surface area contributed by atoms with Crippen LogP contribution in [-0.4, -0.2) is 24.2 Å². The Labute approximate surface area is 140 Å². The third-order valence-corrected chi connectivity index (χ3v) is 4.25. The summed E-state index contributed by atoms with van der Waals surface area (Å²) in [5.41, 5.74) is 0.282. The Balaban J connectivity index is 1.95. The first-order valence-corrected chi connectivity index (χ1v) is 8.41. The fourth-order valence-corrected chi connectivity index (χ4v) is 2.93. The minimum atomic E-state index is -0.927. The van der Waals surface area contributed by atoms with Crippen molar-refractivity contribution in [3.63, 3.8) is 0 Å². The molecule has 0 radical (unpaired) electrons. The number of rotatable bonds is 6. The highest BCUT2D eigenvalue weighted by Crippen LogP contribution is 2.16. The summed E-state index contributed by atoms with van der Waals surface area (Å²) in [4.78, 5) is 6.91. The number of benzene rings is 1. The summed E-state index contributed by atoms with van der Waals surface area (Å²) in [7, 11) is 0. The van der Waals surface area contributed by atoms with E-state index in [2.05, 4.69) is 34.7 Å². The molecule has 0 saturated heterocycles. The van der Waals surface area contributed by atoms with Gasteiger partial charge in [-0.3, -0.25) is 0 Å². The summed E-state index contributed by atoms with van der Waals surface area (Å²) in [5, 5.41) is 16.3. The predicted molar refractivity (Wildman–Crippen MR) is 93.2 cm³/mol. The van der Waals surface area contributed by atoms with Crippen molar-refractivity contribution in [3.8, 4) is 0 Å². The van der Waals surface area contributed by atoms with E-state index in [1.165, 1.54) is 15.8 Å². The minimum absolute atomic E-state index is 0.191. The van der Waals surface area contributed by atoms with Gasteiger partial charge in [0.2, 0.25) is 0 Å². The number of halogens is 1. The highest BCUT2D eigenvalue weighted by atomic mass is 32.1. The van der Waals surface area contributed by atoms with Crippen molar-refractivity contribution in [2.24, 2.45) is 4.99 Å². The van der Waals surface area contributed by atoms with E-state index in [0.717, 1.165) is 0 Å². The van der Waals surface area contributed by atoms with Crippen LogP contribution in [0.25, 0.3) is 0 Å². The van der Waals surface area contributed by atoms with Gasteiger partial charge >= 0.3 is 0 Å². The molecule has 0 saturated carbocycles. The summed E-state index contributed by atoms with van der Waals surface area (Å²) in [6.07, 6.45) is -0.927. The van der Waals surface area contributed by atoms with Gasteiger partial charge in [-0.05, 0) is 32.0 Å². The van der Waals surface area contributed by atoms with Gasteiger partial charge in [0.1, 0.15) is 5.82 Å². The zero-order valence-corrected chi connectivity index (χ0v) is 14.2. The molecular weight excluding hydrogens is 313 g/mol. The second kappa shape index (κ2) is 8.64. The lowest BCUT2D eigenvalue weighted by Gasteiger charge is -2.16. The fourth-order valence-electron chi connectivity index (χ4n) is 2.12. The first-order chi connectivity index (χ1) is 11.1. The maximum Gasteiger partial charge on any atom is 0.191 e.